The van der Waals surface area contributed by atoms with Gasteiger partial charge in [-0.05, 0) is 68.0 Å². The molecule has 0 aliphatic carbocycles. The van der Waals surface area contributed by atoms with Crippen molar-refractivity contribution in [2.75, 3.05) is 5.32 Å². The number of hydrogen-bond acceptors (Lipinski definition) is 6. The minimum Gasteiger partial charge on any atom is -0.332 e. The zero-order valence-electron chi connectivity index (χ0n) is 15.4. The Labute approximate surface area is 180 Å². The summed E-state index contributed by atoms with van der Waals surface area (Å²) in [6, 6.07) is 12.8. The number of aromatic nitrogens is 4. The summed E-state index contributed by atoms with van der Waals surface area (Å²) >= 11 is 12.8. The van der Waals surface area contributed by atoms with Gasteiger partial charge in [0, 0.05) is 11.3 Å². The molecule has 4 rings (SSSR count). The van der Waals surface area contributed by atoms with Crippen molar-refractivity contribution >= 4 is 56.8 Å². The molecule has 29 heavy (non-hydrogen) atoms. The second kappa shape index (κ2) is 7.86. The lowest BCUT2D eigenvalue weighted by Gasteiger charge is -2.11. The summed E-state index contributed by atoms with van der Waals surface area (Å²) in [5, 5.41) is 19.6. The van der Waals surface area contributed by atoms with Gasteiger partial charge in [-0.2, -0.15) is 9.61 Å². The van der Waals surface area contributed by atoms with E-state index in [4.69, 9.17) is 23.8 Å². The second-order valence-corrected chi connectivity index (χ2v) is 8.09. The molecule has 0 aliphatic rings. The number of thiocarbonyl (C=S) groups is 1. The molecule has 0 saturated carbocycles. The number of nitrogens with zero attached hydrogens (tertiary/aromatic N) is 4. The summed E-state index contributed by atoms with van der Waals surface area (Å²) in [6.07, 6.45) is 0. The molecule has 0 aliphatic heterocycles. The Morgan fingerprint density at radius 3 is 2.59 bits per heavy atom. The van der Waals surface area contributed by atoms with Gasteiger partial charge in [-0.1, -0.05) is 29.0 Å². The molecular weight excluding hydrogens is 428 g/mol. The number of hydrogen-bond donors (Lipinski definition) is 2. The molecular formula is C19H15ClN6OS2. The monoisotopic (exact) mass is 442 g/mol. The van der Waals surface area contributed by atoms with Crippen molar-refractivity contribution in [1.29, 1.82) is 0 Å². The second-order valence-electron chi connectivity index (χ2n) is 6.32. The highest BCUT2D eigenvalue weighted by molar-refractivity contribution is 7.80. The number of nitrogens with one attached hydrogen (secondary N) is 2. The Hall–Kier alpha value is -2.88. The first-order valence-electron chi connectivity index (χ1n) is 8.58. The van der Waals surface area contributed by atoms with Gasteiger partial charge in [-0.3, -0.25) is 10.1 Å². The van der Waals surface area contributed by atoms with Gasteiger partial charge in [-0.25, -0.2) is 0 Å². The van der Waals surface area contributed by atoms with E-state index >= 15 is 0 Å². The van der Waals surface area contributed by atoms with Crippen LogP contribution in [0.15, 0.2) is 42.5 Å². The Kier molecular flexibility index (Phi) is 5.27. The average Bonchev–Trinajstić information content (AvgIpc) is 3.24. The van der Waals surface area contributed by atoms with E-state index in [0.29, 0.717) is 10.6 Å². The fraction of sp³-hybridized carbons (Fsp3) is 0.105. The summed E-state index contributed by atoms with van der Waals surface area (Å²) in [7, 11) is 0. The highest BCUT2D eigenvalue weighted by Crippen LogP contribution is 2.26. The SMILES string of the molecule is Cc1ccc(C(=O)NC(=S)Nc2ccc(-c3nn4c(C)nnc4s3)cc2)c(Cl)c1. The van der Waals surface area contributed by atoms with Crippen molar-refractivity contribution in [3.8, 4) is 10.6 Å². The predicted molar refractivity (Wildman–Crippen MR) is 119 cm³/mol. The van der Waals surface area contributed by atoms with E-state index in [1.807, 2.05) is 44.2 Å². The first kappa shape index (κ1) is 19.4. The van der Waals surface area contributed by atoms with Crippen LogP contribution < -0.4 is 10.6 Å². The van der Waals surface area contributed by atoms with Crippen LogP contribution >= 0.6 is 35.2 Å². The van der Waals surface area contributed by atoms with Gasteiger partial charge < -0.3 is 5.32 Å². The van der Waals surface area contributed by atoms with E-state index in [1.54, 1.807) is 16.6 Å². The molecule has 0 saturated heterocycles. The number of anilines is 1. The van der Waals surface area contributed by atoms with Crippen LogP contribution in [0.3, 0.4) is 0 Å². The molecule has 2 aromatic heterocycles. The lowest BCUT2D eigenvalue weighted by molar-refractivity contribution is 0.0978. The number of benzene rings is 2. The van der Waals surface area contributed by atoms with Gasteiger partial charge in [0.2, 0.25) is 4.96 Å². The number of halogens is 1. The quantitative estimate of drug-likeness (QED) is 0.461. The van der Waals surface area contributed by atoms with Crippen molar-refractivity contribution in [3.63, 3.8) is 0 Å². The molecule has 0 unspecified atom stereocenters. The molecule has 4 aromatic rings. The summed E-state index contributed by atoms with van der Waals surface area (Å²) in [5.74, 6) is 0.384. The molecule has 0 fully saturated rings. The third-order valence-corrected chi connectivity index (χ3v) is 5.60. The minimum atomic E-state index is -0.362. The van der Waals surface area contributed by atoms with Gasteiger partial charge >= 0.3 is 0 Å². The number of fused-ring (bicyclic) bond motifs is 1. The maximum absolute atomic E-state index is 12.4. The van der Waals surface area contributed by atoms with Crippen LogP contribution in [0.2, 0.25) is 5.02 Å². The largest absolute Gasteiger partial charge is 0.332 e. The zero-order valence-corrected chi connectivity index (χ0v) is 17.8. The van der Waals surface area contributed by atoms with Crippen molar-refractivity contribution < 1.29 is 4.79 Å². The van der Waals surface area contributed by atoms with E-state index in [0.717, 1.165) is 32.6 Å². The van der Waals surface area contributed by atoms with Gasteiger partial charge in [0.1, 0.15) is 5.01 Å². The molecule has 2 aromatic carbocycles. The fourth-order valence-electron chi connectivity index (χ4n) is 2.66. The molecule has 0 radical (unpaired) electrons. The molecule has 7 nitrogen and oxygen atoms in total. The molecule has 2 N–H and O–H groups in total. The van der Waals surface area contributed by atoms with Gasteiger partial charge in [0.15, 0.2) is 10.9 Å². The van der Waals surface area contributed by atoms with Crippen molar-refractivity contribution in [2.24, 2.45) is 0 Å². The maximum atomic E-state index is 12.4. The normalized spacial score (nSPS) is 10.9. The number of rotatable bonds is 3. The first-order chi connectivity index (χ1) is 13.9. The topological polar surface area (TPSA) is 84.2 Å². The first-order valence-corrected chi connectivity index (χ1v) is 10.2. The number of aryl methyl sites for hydroxylation is 2. The van der Waals surface area contributed by atoms with Crippen LogP contribution in [-0.2, 0) is 0 Å². The standard InChI is InChI=1S/C19H15ClN6OS2/c1-10-3-8-14(15(20)9-10)16(27)22-18(28)21-13-6-4-12(5-7-13)17-25-26-11(2)23-24-19(26)29-17/h3-9H,1-2H3,(H2,21,22,27,28). The number of amides is 1. The number of carbonyl (C=O) groups excluding carboxylic acids is 1. The van der Waals surface area contributed by atoms with Gasteiger partial charge in [0.25, 0.3) is 5.91 Å². The molecule has 1 amide bonds. The van der Waals surface area contributed by atoms with E-state index < -0.39 is 0 Å². The molecule has 0 atom stereocenters. The third kappa shape index (κ3) is 4.12. The Balaban J connectivity index is 1.42. The van der Waals surface area contributed by atoms with Crippen LogP contribution in [0.1, 0.15) is 21.7 Å². The molecule has 146 valence electrons. The third-order valence-electron chi connectivity index (χ3n) is 4.13. The van der Waals surface area contributed by atoms with E-state index in [-0.39, 0.29) is 11.0 Å². The Morgan fingerprint density at radius 1 is 1.14 bits per heavy atom. The molecule has 0 bridgehead atoms. The lowest BCUT2D eigenvalue weighted by Crippen LogP contribution is -2.34. The van der Waals surface area contributed by atoms with Crippen molar-refractivity contribution in [1.82, 2.24) is 25.1 Å². The Bertz CT molecular complexity index is 1230. The highest BCUT2D eigenvalue weighted by atomic mass is 35.5. The Morgan fingerprint density at radius 2 is 1.90 bits per heavy atom. The fourth-order valence-corrected chi connectivity index (χ4v) is 4.09. The van der Waals surface area contributed by atoms with Crippen LogP contribution in [0, 0.1) is 13.8 Å². The summed E-state index contributed by atoms with van der Waals surface area (Å²) in [6.45, 7) is 3.76. The van der Waals surface area contributed by atoms with Crippen LogP contribution in [-0.4, -0.2) is 30.8 Å². The van der Waals surface area contributed by atoms with E-state index in [9.17, 15) is 4.79 Å². The number of carbonyl (C=O) groups is 1. The lowest BCUT2D eigenvalue weighted by atomic mass is 10.1. The average molecular weight is 443 g/mol. The van der Waals surface area contributed by atoms with Crippen LogP contribution in [0.25, 0.3) is 15.5 Å². The highest BCUT2D eigenvalue weighted by Gasteiger charge is 2.13. The van der Waals surface area contributed by atoms with Crippen molar-refractivity contribution in [3.05, 3.63) is 64.4 Å². The summed E-state index contributed by atoms with van der Waals surface area (Å²) in [4.78, 5) is 13.1. The zero-order chi connectivity index (χ0) is 20.5. The predicted octanol–water partition coefficient (Wildman–Crippen LogP) is 4.25. The van der Waals surface area contributed by atoms with Gasteiger partial charge in [0.05, 0.1) is 10.6 Å². The van der Waals surface area contributed by atoms with Crippen LogP contribution in [0.4, 0.5) is 5.69 Å². The maximum Gasteiger partial charge on any atom is 0.258 e. The summed E-state index contributed by atoms with van der Waals surface area (Å²) < 4.78 is 1.72. The summed E-state index contributed by atoms with van der Waals surface area (Å²) in [5.41, 5.74) is 3.04. The van der Waals surface area contributed by atoms with E-state index in [1.165, 1.54) is 11.3 Å². The molecule has 0 spiro atoms. The molecule has 2 heterocycles. The smallest absolute Gasteiger partial charge is 0.258 e. The van der Waals surface area contributed by atoms with Gasteiger partial charge in [-0.15, -0.1) is 10.2 Å². The van der Waals surface area contributed by atoms with Crippen molar-refractivity contribution in [2.45, 2.75) is 13.8 Å². The molecule has 10 heteroatoms. The van der Waals surface area contributed by atoms with E-state index in [2.05, 4.69) is 25.9 Å². The van der Waals surface area contributed by atoms with Crippen LogP contribution in [0.5, 0.6) is 0 Å². The minimum absolute atomic E-state index is 0.189.